The Morgan fingerprint density at radius 2 is 2.19 bits per heavy atom. The Bertz CT molecular complexity index is 380. The van der Waals surface area contributed by atoms with E-state index in [2.05, 4.69) is 25.2 Å². The SMILES string of the molecule is CC(C)(CCC#N)CNc1cccc(O)c1. The molecule has 0 aromatic heterocycles. The smallest absolute Gasteiger partial charge is 0.117 e. The van der Waals surface area contributed by atoms with Crippen LogP contribution in [-0.2, 0) is 0 Å². The van der Waals surface area contributed by atoms with E-state index in [-0.39, 0.29) is 11.2 Å². The topological polar surface area (TPSA) is 56.0 Å². The molecule has 0 aliphatic rings. The second-order valence-electron chi connectivity index (χ2n) is 4.73. The van der Waals surface area contributed by atoms with Gasteiger partial charge in [-0.25, -0.2) is 0 Å². The maximum Gasteiger partial charge on any atom is 0.117 e. The molecule has 16 heavy (non-hydrogen) atoms. The number of rotatable bonds is 5. The van der Waals surface area contributed by atoms with Crippen LogP contribution >= 0.6 is 0 Å². The van der Waals surface area contributed by atoms with Crippen molar-refractivity contribution in [1.82, 2.24) is 0 Å². The highest BCUT2D eigenvalue weighted by Gasteiger charge is 2.16. The number of benzene rings is 1. The van der Waals surface area contributed by atoms with E-state index in [0.717, 1.165) is 18.7 Å². The first-order valence-electron chi connectivity index (χ1n) is 5.43. The predicted molar refractivity (Wildman–Crippen MR) is 65.2 cm³/mol. The lowest BCUT2D eigenvalue weighted by molar-refractivity contribution is 0.363. The zero-order chi connectivity index (χ0) is 12.0. The van der Waals surface area contributed by atoms with Crippen molar-refractivity contribution >= 4 is 5.69 Å². The van der Waals surface area contributed by atoms with Gasteiger partial charge in [-0.3, -0.25) is 0 Å². The summed E-state index contributed by atoms with van der Waals surface area (Å²) in [4.78, 5) is 0. The van der Waals surface area contributed by atoms with Crippen molar-refractivity contribution in [2.75, 3.05) is 11.9 Å². The number of nitriles is 1. The van der Waals surface area contributed by atoms with Crippen molar-refractivity contribution in [2.24, 2.45) is 5.41 Å². The summed E-state index contributed by atoms with van der Waals surface area (Å²) in [5.41, 5.74) is 0.992. The third-order valence-electron chi connectivity index (χ3n) is 2.53. The number of aromatic hydroxyl groups is 1. The van der Waals surface area contributed by atoms with Gasteiger partial charge in [0.2, 0.25) is 0 Å². The van der Waals surface area contributed by atoms with Gasteiger partial charge in [-0.2, -0.15) is 5.26 Å². The summed E-state index contributed by atoms with van der Waals surface area (Å²) >= 11 is 0. The molecule has 3 nitrogen and oxygen atoms in total. The van der Waals surface area contributed by atoms with Gasteiger partial charge in [0.1, 0.15) is 5.75 Å². The number of phenols is 1. The van der Waals surface area contributed by atoms with Crippen molar-refractivity contribution in [3.63, 3.8) is 0 Å². The first-order chi connectivity index (χ1) is 7.53. The molecule has 3 heteroatoms. The monoisotopic (exact) mass is 218 g/mol. The Kier molecular flexibility index (Phi) is 4.19. The first-order valence-corrected chi connectivity index (χ1v) is 5.43. The second-order valence-corrected chi connectivity index (χ2v) is 4.73. The summed E-state index contributed by atoms with van der Waals surface area (Å²) in [5, 5.41) is 21.1. The maximum absolute atomic E-state index is 9.30. The third-order valence-corrected chi connectivity index (χ3v) is 2.53. The average molecular weight is 218 g/mol. The van der Waals surface area contributed by atoms with Gasteiger partial charge in [-0.05, 0) is 24.0 Å². The lowest BCUT2D eigenvalue weighted by Gasteiger charge is -2.24. The molecule has 0 fully saturated rings. The van der Waals surface area contributed by atoms with Crippen LogP contribution in [0.4, 0.5) is 5.69 Å². The fourth-order valence-corrected chi connectivity index (χ4v) is 1.44. The fraction of sp³-hybridized carbons (Fsp3) is 0.462. The van der Waals surface area contributed by atoms with Crippen molar-refractivity contribution in [3.05, 3.63) is 24.3 Å². The standard InChI is InChI=1S/C13H18N2O/c1-13(2,7-4-8-14)10-15-11-5-3-6-12(16)9-11/h3,5-6,9,15-16H,4,7,10H2,1-2H3. The van der Waals surface area contributed by atoms with E-state index in [4.69, 9.17) is 5.26 Å². The number of phenolic OH excluding ortho intramolecular Hbond substituents is 1. The Labute approximate surface area is 96.7 Å². The summed E-state index contributed by atoms with van der Waals surface area (Å²) in [6, 6.07) is 9.23. The van der Waals surface area contributed by atoms with Crippen LogP contribution in [0, 0.1) is 16.7 Å². The van der Waals surface area contributed by atoms with Crippen LogP contribution in [0.25, 0.3) is 0 Å². The minimum absolute atomic E-state index is 0.0845. The molecule has 0 saturated heterocycles. The molecule has 86 valence electrons. The van der Waals surface area contributed by atoms with Gasteiger partial charge < -0.3 is 10.4 Å². The predicted octanol–water partition coefficient (Wildman–Crippen LogP) is 3.13. The highest BCUT2D eigenvalue weighted by molar-refractivity contribution is 5.47. The normalized spacial score (nSPS) is 10.8. The Hall–Kier alpha value is -1.69. The van der Waals surface area contributed by atoms with E-state index in [9.17, 15) is 5.11 Å². The van der Waals surface area contributed by atoms with Gasteiger partial charge in [0.15, 0.2) is 0 Å². The zero-order valence-corrected chi connectivity index (χ0v) is 9.83. The van der Waals surface area contributed by atoms with Crippen LogP contribution in [-0.4, -0.2) is 11.7 Å². The van der Waals surface area contributed by atoms with E-state index >= 15 is 0 Å². The van der Waals surface area contributed by atoms with Crippen LogP contribution in [0.5, 0.6) is 5.75 Å². The number of hydrogen-bond acceptors (Lipinski definition) is 3. The summed E-state index contributed by atoms with van der Waals surface area (Å²) in [7, 11) is 0. The summed E-state index contributed by atoms with van der Waals surface area (Å²) in [6.45, 7) is 5.04. The van der Waals surface area contributed by atoms with Crippen molar-refractivity contribution < 1.29 is 5.11 Å². The number of anilines is 1. The number of nitrogens with zero attached hydrogens (tertiary/aromatic N) is 1. The molecule has 0 radical (unpaired) electrons. The van der Waals surface area contributed by atoms with E-state index in [1.165, 1.54) is 0 Å². The highest BCUT2D eigenvalue weighted by Crippen LogP contribution is 2.23. The molecule has 0 unspecified atom stereocenters. The Morgan fingerprint density at radius 1 is 1.44 bits per heavy atom. The molecule has 0 aliphatic heterocycles. The van der Waals surface area contributed by atoms with Crippen molar-refractivity contribution in [2.45, 2.75) is 26.7 Å². The average Bonchev–Trinajstić information content (AvgIpc) is 2.24. The van der Waals surface area contributed by atoms with E-state index < -0.39 is 0 Å². The molecule has 0 atom stereocenters. The Balaban J connectivity index is 2.48. The minimum Gasteiger partial charge on any atom is -0.508 e. The molecule has 0 saturated carbocycles. The number of hydrogen-bond donors (Lipinski definition) is 2. The largest absolute Gasteiger partial charge is 0.508 e. The Morgan fingerprint density at radius 3 is 2.81 bits per heavy atom. The summed E-state index contributed by atoms with van der Waals surface area (Å²) in [5.74, 6) is 0.264. The van der Waals surface area contributed by atoms with Gasteiger partial charge in [0.25, 0.3) is 0 Å². The number of nitrogens with one attached hydrogen (secondary N) is 1. The van der Waals surface area contributed by atoms with Crippen LogP contribution in [0.1, 0.15) is 26.7 Å². The first kappa shape index (κ1) is 12.4. The lowest BCUT2D eigenvalue weighted by atomic mass is 9.88. The van der Waals surface area contributed by atoms with Crippen molar-refractivity contribution in [1.29, 1.82) is 5.26 Å². The molecule has 0 heterocycles. The molecule has 1 aromatic carbocycles. The van der Waals surface area contributed by atoms with Crippen LogP contribution in [0.3, 0.4) is 0 Å². The fourth-order valence-electron chi connectivity index (χ4n) is 1.44. The van der Waals surface area contributed by atoms with Gasteiger partial charge in [-0.1, -0.05) is 19.9 Å². The van der Waals surface area contributed by atoms with E-state index in [0.29, 0.717) is 6.42 Å². The molecule has 0 spiro atoms. The quantitative estimate of drug-likeness (QED) is 0.798. The van der Waals surface area contributed by atoms with Crippen LogP contribution in [0.15, 0.2) is 24.3 Å². The van der Waals surface area contributed by atoms with E-state index in [1.807, 2.05) is 6.07 Å². The summed E-state index contributed by atoms with van der Waals surface area (Å²) in [6.07, 6.45) is 1.45. The van der Waals surface area contributed by atoms with E-state index in [1.54, 1.807) is 18.2 Å². The highest BCUT2D eigenvalue weighted by atomic mass is 16.3. The van der Waals surface area contributed by atoms with Gasteiger partial charge in [-0.15, -0.1) is 0 Å². The maximum atomic E-state index is 9.30. The molecule has 1 aromatic rings. The minimum atomic E-state index is 0.0845. The third kappa shape index (κ3) is 4.22. The summed E-state index contributed by atoms with van der Waals surface area (Å²) < 4.78 is 0. The molecule has 0 amide bonds. The van der Waals surface area contributed by atoms with Crippen molar-refractivity contribution in [3.8, 4) is 11.8 Å². The molecule has 1 rings (SSSR count). The molecule has 2 N–H and O–H groups in total. The van der Waals surface area contributed by atoms with Gasteiger partial charge in [0, 0.05) is 24.7 Å². The van der Waals surface area contributed by atoms with Crippen LogP contribution in [0.2, 0.25) is 0 Å². The molecular weight excluding hydrogens is 200 g/mol. The van der Waals surface area contributed by atoms with Crippen LogP contribution < -0.4 is 5.32 Å². The second kappa shape index (κ2) is 5.41. The zero-order valence-electron chi connectivity index (χ0n) is 9.83. The molecule has 0 bridgehead atoms. The molecular formula is C13H18N2O. The molecule has 0 aliphatic carbocycles. The van der Waals surface area contributed by atoms with Gasteiger partial charge in [0.05, 0.1) is 6.07 Å². The lowest BCUT2D eigenvalue weighted by Crippen LogP contribution is -2.22. The van der Waals surface area contributed by atoms with Gasteiger partial charge >= 0.3 is 0 Å².